The fraction of sp³-hybridized carbons (Fsp3) is 0.400. The molecule has 15 heavy (non-hydrogen) atoms. The molecular weight excluding hydrogens is 192 g/mol. The average Bonchev–Trinajstić information content (AvgIpc) is 2.29. The van der Waals surface area contributed by atoms with E-state index in [0.717, 1.165) is 6.42 Å². The molecule has 0 aromatic carbocycles. The van der Waals surface area contributed by atoms with E-state index >= 15 is 0 Å². The molecule has 0 unspecified atom stereocenters. The summed E-state index contributed by atoms with van der Waals surface area (Å²) >= 11 is 0. The van der Waals surface area contributed by atoms with Crippen LogP contribution in [0.1, 0.15) is 19.2 Å². The average molecular weight is 206 g/mol. The van der Waals surface area contributed by atoms with E-state index in [4.69, 9.17) is 17.0 Å². The number of hydrogen-bond acceptors (Lipinski definition) is 5. The fourth-order valence-corrected chi connectivity index (χ4v) is 0.993. The third-order valence-corrected chi connectivity index (χ3v) is 1.71. The molecular formula is C10H14N4O. The van der Waals surface area contributed by atoms with E-state index in [2.05, 4.69) is 21.3 Å². The summed E-state index contributed by atoms with van der Waals surface area (Å²) in [6.45, 7) is 2.40. The molecule has 5 nitrogen and oxygen atoms in total. The van der Waals surface area contributed by atoms with Gasteiger partial charge in [0.25, 0.3) is 0 Å². The summed E-state index contributed by atoms with van der Waals surface area (Å²) in [5.41, 5.74) is 2.46. The van der Waals surface area contributed by atoms with E-state index in [1.54, 1.807) is 6.07 Å². The van der Waals surface area contributed by atoms with Gasteiger partial charge in [0.05, 0.1) is 0 Å². The first kappa shape index (κ1) is 11.3. The first-order valence-corrected chi connectivity index (χ1v) is 4.71. The summed E-state index contributed by atoms with van der Waals surface area (Å²) in [6.07, 6.45) is 6.39. The van der Waals surface area contributed by atoms with Gasteiger partial charge in [0.2, 0.25) is 5.88 Å². The number of nitrogen functional groups attached to an aromatic ring is 1. The van der Waals surface area contributed by atoms with Crippen molar-refractivity contribution >= 4 is 5.82 Å². The van der Waals surface area contributed by atoms with Crippen LogP contribution in [-0.4, -0.2) is 16.6 Å². The second kappa shape index (κ2) is 5.83. The Morgan fingerprint density at radius 2 is 2.40 bits per heavy atom. The van der Waals surface area contributed by atoms with Crippen LogP contribution < -0.4 is 16.0 Å². The molecule has 0 fully saturated rings. The van der Waals surface area contributed by atoms with E-state index in [0.29, 0.717) is 30.5 Å². The van der Waals surface area contributed by atoms with Gasteiger partial charge in [-0.15, -0.1) is 12.3 Å². The second-order valence-electron chi connectivity index (χ2n) is 2.81. The van der Waals surface area contributed by atoms with E-state index < -0.39 is 0 Å². The first-order valence-electron chi connectivity index (χ1n) is 4.71. The number of hydrazine groups is 1. The fourth-order valence-electron chi connectivity index (χ4n) is 0.993. The van der Waals surface area contributed by atoms with Crippen molar-refractivity contribution in [3.8, 4) is 18.2 Å². The third kappa shape index (κ3) is 3.44. The second-order valence-corrected chi connectivity index (χ2v) is 2.81. The van der Waals surface area contributed by atoms with Crippen molar-refractivity contribution in [3.63, 3.8) is 0 Å². The van der Waals surface area contributed by atoms with Crippen LogP contribution in [0.15, 0.2) is 6.07 Å². The standard InChI is InChI=1S/C10H14N4O/c1-3-5-6-15-10-7-9(14-11)12-8(4-2)13-10/h1,7H,4-6,11H2,2H3,(H,12,13,14). The number of hydrogen-bond donors (Lipinski definition) is 2. The smallest absolute Gasteiger partial charge is 0.218 e. The minimum absolute atomic E-state index is 0.445. The topological polar surface area (TPSA) is 73.1 Å². The summed E-state index contributed by atoms with van der Waals surface area (Å²) in [5, 5.41) is 0. The Balaban J connectivity index is 2.74. The highest BCUT2D eigenvalue weighted by atomic mass is 16.5. The maximum Gasteiger partial charge on any atom is 0.218 e. The molecule has 80 valence electrons. The number of ether oxygens (including phenoxy) is 1. The molecule has 0 bridgehead atoms. The Morgan fingerprint density at radius 3 is 3.00 bits per heavy atom. The van der Waals surface area contributed by atoms with E-state index in [1.807, 2.05) is 6.92 Å². The Morgan fingerprint density at radius 1 is 1.60 bits per heavy atom. The summed E-state index contributed by atoms with van der Waals surface area (Å²) in [7, 11) is 0. The van der Waals surface area contributed by atoms with Crippen LogP contribution in [0.25, 0.3) is 0 Å². The summed E-state index contributed by atoms with van der Waals surface area (Å²) in [6, 6.07) is 1.63. The van der Waals surface area contributed by atoms with Crippen molar-refractivity contribution in [2.75, 3.05) is 12.0 Å². The van der Waals surface area contributed by atoms with Gasteiger partial charge in [0, 0.05) is 18.9 Å². The molecule has 0 saturated heterocycles. The number of rotatable bonds is 5. The van der Waals surface area contributed by atoms with E-state index in [-0.39, 0.29) is 0 Å². The zero-order valence-electron chi connectivity index (χ0n) is 8.66. The van der Waals surface area contributed by atoms with Gasteiger partial charge in [-0.25, -0.2) is 10.8 Å². The van der Waals surface area contributed by atoms with Crippen molar-refractivity contribution in [3.05, 3.63) is 11.9 Å². The zero-order chi connectivity index (χ0) is 11.1. The van der Waals surface area contributed by atoms with Crippen LogP contribution >= 0.6 is 0 Å². The van der Waals surface area contributed by atoms with Crippen LogP contribution in [0.3, 0.4) is 0 Å². The first-order chi connectivity index (χ1) is 7.30. The highest BCUT2D eigenvalue weighted by Crippen LogP contribution is 2.13. The maximum absolute atomic E-state index is 5.34. The minimum Gasteiger partial charge on any atom is -0.477 e. The lowest BCUT2D eigenvalue weighted by molar-refractivity contribution is 0.313. The number of nitrogens with one attached hydrogen (secondary N) is 1. The molecule has 0 saturated carbocycles. The molecule has 0 aliphatic carbocycles. The van der Waals surface area contributed by atoms with Crippen molar-refractivity contribution in [1.29, 1.82) is 0 Å². The Labute approximate surface area is 89.0 Å². The number of aromatic nitrogens is 2. The molecule has 3 N–H and O–H groups in total. The molecule has 1 heterocycles. The van der Waals surface area contributed by atoms with Gasteiger partial charge in [-0.05, 0) is 0 Å². The molecule has 0 spiro atoms. The van der Waals surface area contributed by atoms with Gasteiger partial charge in [-0.3, -0.25) is 0 Å². The van der Waals surface area contributed by atoms with Crippen molar-refractivity contribution < 1.29 is 4.74 Å². The van der Waals surface area contributed by atoms with Crippen LogP contribution in [0, 0.1) is 12.3 Å². The largest absolute Gasteiger partial charge is 0.477 e. The van der Waals surface area contributed by atoms with Crippen molar-refractivity contribution in [1.82, 2.24) is 9.97 Å². The molecule has 0 aliphatic heterocycles. The van der Waals surface area contributed by atoms with Gasteiger partial charge in [-0.2, -0.15) is 4.98 Å². The van der Waals surface area contributed by atoms with E-state index in [1.165, 1.54) is 0 Å². The summed E-state index contributed by atoms with van der Waals surface area (Å²) in [5.74, 6) is 9.47. The molecule has 0 radical (unpaired) electrons. The Hall–Kier alpha value is -1.80. The lowest BCUT2D eigenvalue weighted by Gasteiger charge is -2.07. The van der Waals surface area contributed by atoms with Gasteiger partial charge in [0.15, 0.2) is 0 Å². The minimum atomic E-state index is 0.445. The van der Waals surface area contributed by atoms with Gasteiger partial charge < -0.3 is 10.2 Å². The highest BCUT2D eigenvalue weighted by Gasteiger charge is 2.02. The van der Waals surface area contributed by atoms with Crippen LogP contribution in [0.2, 0.25) is 0 Å². The molecule has 1 rings (SSSR count). The quantitative estimate of drug-likeness (QED) is 0.321. The number of anilines is 1. The van der Waals surface area contributed by atoms with E-state index in [9.17, 15) is 0 Å². The van der Waals surface area contributed by atoms with Gasteiger partial charge >= 0.3 is 0 Å². The lowest BCUT2D eigenvalue weighted by Crippen LogP contribution is -2.11. The van der Waals surface area contributed by atoms with Crippen LogP contribution in [0.4, 0.5) is 5.82 Å². The number of aryl methyl sites for hydroxylation is 1. The lowest BCUT2D eigenvalue weighted by atomic mass is 10.4. The summed E-state index contributed by atoms with van der Waals surface area (Å²) in [4.78, 5) is 8.31. The Kier molecular flexibility index (Phi) is 4.38. The summed E-state index contributed by atoms with van der Waals surface area (Å²) < 4.78 is 5.34. The predicted molar refractivity (Wildman–Crippen MR) is 58.2 cm³/mol. The number of nitrogens with zero attached hydrogens (tertiary/aromatic N) is 2. The predicted octanol–water partition coefficient (Wildman–Crippen LogP) is 0.727. The molecule has 5 heteroatoms. The van der Waals surface area contributed by atoms with Crippen molar-refractivity contribution in [2.24, 2.45) is 5.84 Å². The van der Waals surface area contributed by atoms with Gasteiger partial charge in [0.1, 0.15) is 18.2 Å². The molecule has 0 amide bonds. The maximum atomic E-state index is 5.34. The van der Waals surface area contributed by atoms with Crippen LogP contribution in [-0.2, 0) is 6.42 Å². The molecule has 1 aromatic rings. The van der Waals surface area contributed by atoms with Crippen molar-refractivity contribution in [2.45, 2.75) is 19.8 Å². The number of terminal acetylenes is 1. The molecule has 0 aliphatic rings. The normalized spacial score (nSPS) is 9.40. The SMILES string of the molecule is C#CCCOc1cc(NN)nc(CC)n1. The Bertz CT molecular complexity index is 337. The highest BCUT2D eigenvalue weighted by molar-refractivity contribution is 5.36. The third-order valence-electron chi connectivity index (χ3n) is 1.71. The molecule has 1 aromatic heterocycles. The molecule has 0 atom stereocenters. The monoisotopic (exact) mass is 206 g/mol. The number of nitrogens with two attached hydrogens (primary N) is 1. The van der Waals surface area contributed by atoms with Crippen LogP contribution in [0.5, 0.6) is 5.88 Å². The van der Waals surface area contributed by atoms with Gasteiger partial charge in [-0.1, -0.05) is 6.92 Å². The zero-order valence-corrected chi connectivity index (χ0v) is 8.66.